The van der Waals surface area contributed by atoms with E-state index in [1.54, 1.807) is 6.92 Å². The molecule has 122 valence electrons. The van der Waals surface area contributed by atoms with Crippen LogP contribution in [0.3, 0.4) is 0 Å². The Labute approximate surface area is 131 Å². The van der Waals surface area contributed by atoms with Crippen molar-refractivity contribution in [2.24, 2.45) is 0 Å². The van der Waals surface area contributed by atoms with Crippen LogP contribution in [0.15, 0.2) is 11.6 Å². The third-order valence-electron chi connectivity index (χ3n) is 3.97. The Bertz CT molecular complexity index is 408. The largest absolute Gasteiger partial charge is 0.412 e. The molecule has 0 spiro atoms. The summed E-state index contributed by atoms with van der Waals surface area (Å²) >= 11 is 0. The molecule has 3 nitrogen and oxygen atoms in total. The van der Waals surface area contributed by atoms with E-state index in [0.29, 0.717) is 6.42 Å². The minimum atomic E-state index is -1.86. The van der Waals surface area contributed by atoms with Gasteiger partial charge >= 0.3 is 0 Å². The van der Waals surface area contributed by atoms with Gasteiger partial charge < -0.3 is 14.6 Å². The smallest absolute Gasteiger partial charge is 0.192 e. The van der Waals surface area contributed by atoms with Crippen molar-refractivity contribution in [2.45, 2.75) is 84.4 Å². The molecule has 0 radical (unpaired) electrons. The average molecular weight is 313 g/mol. The predicted octanol–water partition coefficient (Wildman–Crippen LogP) is 3.48. The fourth-order valence-corrected chi connectivity index (χ4v) is 2.92. The Morgan fingerprint density at radius 2 is 1.76 bits per heavy atom. The Balaban J connectivity index is 4.58. The normalized spacial score (nSPS) is 17.7. The molecule has 0 fully saturated rings. The van der Waals surface area contributed by atoms with E-state index in [-0.39, 0.29) is 11.1 Å². The number of aliphatic hydroxyl groups is 2. The number of aliphatic hydroxyl groups excluding tert-OH is 2. The highest BCUT2D eigenvalue weighted by Crippen LogP contribution is 2.37. The van der Waals surface area contributed by atoms with E-state index in [9.17, 15) is 5.11 Å². The highest BCUT2D eigenvalue weighted by Gasteiger charge is 2.39. The van der Waals surface area contributed by atoms with Crippen LogP contribution in [0.4, 0.5) is 0 Å². The van der Waals surface area contributed by atoms with Gasteiger partial charge in [-0.05, 0) is 50.9 Å². The number of hydrogen-bond donors (Lipinski definition) is 2. The van der Waals surface area contributed by atoms with Crippen molar-refractivity contribution in [3.05, 3.63) is 11.6 Å². The molecule has 0 aliphatic rings. The van der Waals surface area contributed by atoms with E-state index in [0.717, 1.165) is 5.57 Å². The lowest BCUT2D eigenvalue weighted by Gasteiger charge is -2.39. The van der Waals surface area contributed by atoms with Gasteiger partial charge in [0.1, 0.15) is 6.10 Å². The zero-order chi connectivity index (χ0) is 16.8. The molecule has 0 aliphatic carbocycles. The van der Waals surface area contributed by atoms with Gasteiger partial charge in [-0.1, -0.05) is 38.7 Å². The second kappa shape index (κ2) is 8.14. The van der Waals surface area contributed by atoms with Crippen molar-refractivity contribution in [2.75, 3.05) is 0 Å². The summed E-state index contributed by atoms with van der Waals surface area (Å²) in [5.41, 5.74) is 0.856. The quantitative estimate of drug-likeness (QED) is 0.603. The second-order valence-electron chi connectivity index (χ2n) is 7.22. The monoisotopic (exact) mass is 312 g/mol. The lowest BCUT2D eigenvalue weighted by Crippen LogP contribution is -2.46. The Morgan fingerprint density at radius 1 is 1.24 bits per heavy atom. The SMILES string of the molecule is C/C(C#C[C@H](C)O)=C\C[C@@H](O)[C@H](C)O[Si](C)(C)C(C)(C)C. The molecule has 3 atom stereocenters. The van der Waals surface area contributed by atoms with Crippen LogP contribution in [0, 0.1) is 11.8 Å². The fourth-order valence-electron chi connectivity index (χ4n) is 1.48. The van der Waals surface area contributed by atoms with E-state index in [4.69, 9.17) is 9.53 Å². The molecule has 0 aromatic carbocycles. The molecule has 0 aliphatic heterocycles. The maximum absolute atomic E-state index is 10.2. The van der Waals surface area contributed by atoms with Crippen molar-refractivity contribution in [3.63, 3.8) is 0 Å². The van der Waals surface area contributed by atoms with Crippen LogP contribution in [0.2, 0.25) is 18.1 Å². The summed E-state index contributed by atoms with van der Waals surface area (Å²) in [5, 5.41) is 19.5. The van der Waals surface area contributed by atoms with Gasteiger partial charge in [0.15, 0.2) is 8.32 Å². The molecule has 4 heteroatoms. The van der Waals surface area contributed by atoms with Crippen LogP contribution in [0.5, 0.6) is 0 Å². The zero-order valence-electron chi connectivity index (χ0n) is 14.8. The lowest BCUT2D eigenvalue weighted by atomic mass is 10.1. The van der Waals surface area contributed by atoms with Crippen molar-refractivity contribution < 1.29 is 14.6 Å². The van der Waals surface area contributed by atoms with Gasteiger partial charge in [0.05, 0.1) is 12.2 Å². The Kier molecular flexibility index (Phi) is 7.91. The van der Waals surface area contributed by atoms with Crippen molar-refractivity contribution in [3.8, 4) is 11.8 Å². The van der Waals surface area contributed by atoms with Crippen LogP contribution in [-0.2, 0) is 4.43 Å². The van der Waals surface area contributed by atoms with Gasteiger partial charge in [-0.15, -0.1) is 0 Å². The summed E-state index contributed by atoms with van der Waals surface area (Å²) in [6.45, 7) is 16.4. The first kappa shape index (κ1) is 20.4. The molecule has 0 heterocycles. The summed E-state index contributed by atoms with van der Waals surface area (Å²) in [6.07, 6.45) is 1.04. The lowest BCUT2D eigenvalue weighted by molar-refractivity contribution is 0.0409. The Hall–Kier alpha value is -0.603. The summed E-state index contributed by atoms with van der Waals surface area (Å²) in [6, 6.07) is 0. The first-order valence-electron chi connectivity index (χ1n) is 7.59. The first-order valence-corrected chi connectivity index (χ1v) is 10.5. The van der Waals surface area contributed by atoms with Gasteiger partial charge in [0, 0.05) is 0 Å². The molecule has 0 amide bonds. The van der Waals surface area contributed by atoms with E-state index >= 15 is 0 Å². The molecule has 0 bridgehead atoms. The van der Waals surface area contributed by atoms with Crippen LogP contribution in [0.1, 0.15) is 48.0 Å². The molecule has 0 aromatic rings. The van der Waals surface area contributed by atoms with Gasteiger partial charge in [0.25, 0.3) is 0 Å². The van der Waals surface area contributed by atoms with Gasteiger partial charge in [0.2, 0.25) is 0 Å². The molecule has 0 saturated heterocycles. The van der Waals surface area contributed by atoms with E-state index in [1.807, 2.05) is 19.9 Å². The molecule has 0 rings (SSSR count). The van der Waals surface area contributed by atoms with Gasteiger partial charge in [-0.2, -0.15) is 0 Å². The van der Waals surface area contributed by atoms with Crippen LogP contribution in [0.25, 0.3) is 0 Å². The van der Waals surface area contributed by atoms with E-state index in [1.165, 1.54) is 0 Å². The molecule has 0 aromatic heterocycles. The predicted molar refractivity (Wildman–Crippen MR) is 91.6 cm³/mol. The highest BCUT2D eigenvalue weighted by molar-refractivity contribution is 6.74. The highest BCUT2D eigenvalue weighted by atomic mass is 28.4. The third kappa shape index (κ3) is 7.82. The summed E-state index contributed by atoms with van der Waals surface area (Å²) < 4.78 is 6.18. The van der Waals surface area contributed by atoms with Crippen molar-refractivity contribution in [1.29, 1.82) is 0 Å². The first-order chi connectivity index (χ1) is 9.36. The maximum Gasteiger partial charge on any atom is 0.192 e. The number of rotatable bonds is 5. The summed E-state index contributed by atoms with van der Waals surface area (Å²) in [7, 11) is -1.86. The van der Waals surface area contributed by atoms with E-state index in [2.05, 4.69) is 45.7 Å². The van der Waals surface area contributed by atoms with Crippen molar-refractivity contribution in [1.82, 2.24) is 0 Å². The molecule has 2 N–H and O–H groups in total. The van der Waals surface area contributed by atoms with Crippen LogP contribution in [-0.4, -0.2) is 36.8 Å². The topological polar surface area (TPSA) is 49.7 Å². The maximum atomic E-state index is 10.2. The second-order valence-corrected chi connectivity index (χ2v) is 12.0. The third-order valence-corrected chi connectivity index (χ3v) is 8.55. The standard InChI is InChI=1S/C17H32O3Si/c1-13(9-11-14(2)18)10-12-16(19)15(3)20-21(7,8)17(4,5)6/h10,14-16,18-19H,12H2,1-8H3/b13-10+/t14-,15-,16+/m0/s1. The van der Waals surface area contributed by atoms with Crippen molar-refractivity contribution >= 4 is 8.32 Å². The van der Waals surface area contributed by atoms with Crippen LogP contribution >= 0.6 is 0 Å². The zero-order valence-corrected chi connectivity index (χ0v) is 15.8. The molecule has 21 heavy (non-hydrogen) atoms. The molecule has 0 saturated carbocycles. The average Bonchev–Trinajstić information content (AvgIpc) is 2.31. The summed E-state index contributed by atoms with van der Waals surface area (Å²) in [5.74, 6) is 5.55. The van der Waals surface area contributed by atoms with Gasteiger partial charge in [-0.3, -0.25) is 0 Å². The fraction of sp³-hybridized carbons (Fsp3) is 0.765. The van der Waals surface area contributed by atoms with Gasteiger partial charge in [-0.25, -0.2) is 0 Å². The minimum absolute atomic E-state index is 0.134. The van der Waals surface area contributed by atoms with Crippen LogP contribution < -0.4 is 0 Å². The minimum Gasteiger partial charge on any atom is -0.412 e. The van der Waals surface area contributed by atoms with E-state index < -0.39 is 20.5 Å². The number of allylic oxidation sites excluding steroid dienone is 1. The summed E-state index contributed by atoms with van der Waals surface area (Å²) in [4.78, 5) is 0. The Morgan fingerprint density at radius 3 is 2.19 bits per heavy atom. The molecular weight excluding hydrogens is 280 g/mol. The molecule has 0 unspecified atom stereocenters. The number of hydrogen-bond acceptors (Lipinski definition) is 3. The molecular formula is C17H32O3Si.